The zero-order valence-corrected chi connectivity index (χ0v) is 18.5. The van der Waals surface area contributed by atoms with Gasteiger partial charge in [-0.15, -0.1) is 0 Å². The third kappa shape index (κ3) is 3.59. The average Bonchev–Trinajstić information content (AvgIpc) is 3.13. The number of nitrogens with zero attached hydrogens (tertiary/aromatic N) is 1. The molecular weight excluding hydrogens is 437 g/mol. The maximum Gasteiger partial charge on any atom is 0.300 e. The highest BCUT2D eigenvalue weighted by Crippen LogP contribution is 2.43. The lowest BCUT2D eigenvalue weighted by Crippen LogP contribution is -2.29. The highest BCUT2D eigenvalue weighted by atomic mass is 19.1. The number of halogens is 1. The Labute approximate surface area is 195 Å². The molecule has 0 spiro atoms. The standard InChI is InChI=1S/C27H22FNO5/c1-33-19-8-4-7-18(15-19)29-24(20-9-2-3-10-21(20)28)23(26(31)27(29)32)25(30)17-11-12-22-16(14-17)6-5-13-34-22/h2-4,7-12,14-15,24,30H,5-6,13H2,1H3/b25-23+. The van der Waals surface area contributed by atoms with Crippen molar-refractivity contribution >= 4 is 23.1 Å². The molecule has 2 aliphatic rings. The summed E-state index contributed by atoms with van der Waals surface area (Å²) >= 11 is 0. The first-order valence-corrected chi connectivity index (χ1v) is 10.9. The molecule has 1 fully saturated rings. The molecular formula is C27H22FNO5. The van der Waals surface area contributed by atoms with Crippen LogP contribution in [-0.4, -0.2) is 30.5 Å². The van der Waals surface area contributed by atoms with Gasteiger partial charge in [0.1, 0.15) is 23.1 Å². The number of rotatable bonds is 4. The van der Waals surface area contributed by atoms with Gasteiger partial charge in [-0.25, -0.2) is 4.39 Å². The Morgan fingerprint density at radius 3 is 2.71 bits per heavy atom. The van der Waals surface area contributed by atoms with Crippen LogP contribution in [0.2, 0.25) is 0 Å². The molecule has 1 atom stereocenters. The first-order valence-electron chi connectivity index (χ1n) is 10.9. The Kier molecular flexibility index (Phi) is 5.53. The molecule has 2 heterocycles. The van der Waals surface area contributed by atoms with Crippen LogP contribution in [0.1, 0.15) is 29.2 Å². The number of ether oxygens (including phenoxy) is 2. The number of amides is 1. The molecule has 1 amide bonds. The summed E-state index contributed by atoms with van der Waals surface area (Å²) < 4.78 is 25.9. The fourth-order valence-corrected chi connectivity index (χ4v) is 4.51. The van der Waals surface area contributed by atoms with Crippen LogP contribution in [0, 0.1) is 5.82 Å². The number of ketones is 1. The lowest BCUT2D eigenvalue weighted by atomic mass is 9.93. The van der Waals surface area contributed by atoms with Gasteiger partial charge in [-0.2, -0.15) is 0 Å². The first kappa shape index (κ1) is 21.7. The number of carbonyl (C=O) groups is 2. The number of aliphatic hydroxyl groups excluding tert-OH is 1. The molecule has 0 aromatic heterocycles. The van der Waals surface area contributed by atoms with Crippen LogP contribution >= 0.6 is 0 Å². The van der Waals surface area contributed by atoms with E-state index >= 15 is 0 Å². The highest BCUT2D eigenvalue weighted by Gasteiger charge is 2.48. The normalized spacial score (nSPS) is 19.0. The van der Waals surface area contributed by atoms with Gasteiger partial charge >= 0.3 is 0 Å². The van der Waals surface area contributed by atoms with E-state index < -0.39 is 23.5 Å². The van der Waals surface area contributed by atoms with E-state index in [1.54, 1.807) is 48.5 Å². The lowest BCUT2D eigenvalue weighted by molar-refractivity contribution is -0.132. The molecule has 7 heteroatoms. The zero-order chi connectivity index (χ0) is 23.8. The van der Waals surface area contributed by atoms with Crippen molar-refractivity contribution in [3.63, 3.8) is 0 Å². The topological polar surface area (TPSA) is 76.1 Å². The summed E-state index contributed by atoms with van der Waals surface area (Å²) in [4.78, 5) is 27.7. The second kappa shape index (κ2) is 8.67. The summed E-state index contributed by atoms with van der Waals surface area (Å²) in [7, 11) is 1.49. The van der Waals surface area contributed by atoms with Gasteiger partial charge in [0, 0.05) is 22.9 Å². The van der Waals surface area contributed by atoms with Gasteiger partial charge < -0.3 is 14.6 Å². The Morgan fingerprint density at radius 1 is 1.09 bits per heavy atom. The summed E-state index contributed by atoms with van der Waals surface area (Å²) in [6, 6.07) is 16.5. The molecule has 1 N–H and O–H groups in total. The van der Waals surface area contributed by atoms with Gasteiger partial charge in [0.05, 0.1) is 25.3 Å². The summed E-state index contributed by atoms with van der Waals surface area (Å²) in [6.45, 7) is 0.622. The summed E-state index contributed by atoms with van der Waals surface area (Å²) in [5.74, 6) is -1.49. The van der Waals surface area contributed by atoms with Gasteiger partial charge in [-0.05, 0) is 54.8 Å². The quantitative estimate of drug-likeness (QED) is 0.345. The molecule has 0 bridgehead atoms. The minimum absolute atomic E-state index is 0.104. The van der Waals surface area contributed by atoms with E-state index in [-0.39, 0.29) is 16.9 Å². The second-order valence-corrected chi connectivity index (χ2v) is 8.17. The van der Waals surface area contributed by atoms with E-state index in [9.17, 15) is 19.1 Å². The third-order valence-corrected chi connectivity index (χ3v) is 6.16. The van der Waals surface area contributed by atoms with Crippen LogP contribution in [0.5, 0.6) is 11.5 Å². The third-order valence-electron chi connectivity index (χ3n) is 6.16. The van der Waals surface area contributed by atoms with Gasteiger partial charge in [0.15, 0.2) is 0 Å². The van der Waals surface area contributed by atoms with Gasteiger partial charge in [-0.1, -0.05) is 24.3 Å². The van der Waals surface area contributed by atoms with Crippen LogP contribution in [0.15, 0.2) is 72.3 Å². The van der Waals surface area contributed by atoms with Crippen molar-refractivity contribution in [3.8, 4) is 11.5 Å². The second-order valence-electron chi connectivity index (χ2n) is 8.17. The maximum absolute atomic E-state index is 15.0. The van der Waals surface area contributed by atoms with Crippen LogP contribution in [0.4, 0.5) is 10.1 Å². The average molecular weight is 459 g/mol. The molecule has 2 aliphatic heterocycles. The number of methoxy groups -OCH3 is 1. The minimum atomic E-state index is -1.15. The highest BCUT2D eigenvalue weighted by molar-refractivity contribution is 6.51. The molecule has 6 nitrogen and oxygen atoms in total. The van der Waals surface area contributed by atoms with Crippen LogP contribution < -0.4 is 14.4 Å². The van der Waals surface area contributed by atoms with Crippen LogP contribution in [0.25, 0.3) is 5.76 Å². The van der Waals surface area contributed by atoms with Crippen molar-refractivity contribution in [3.05, 3.63) is 94.8 Å². The van der Waals surface area contributed by atoms with E-state index in [0.717, 1.165) is 24.2 Å². The molecule has 3 aromatic carbocycles. The van der Waals surface area contributed by atoms with Gasteiger partial charge in [0.2, 0.25) is 0 Å². The molecule has 0 radical (unpaired) electrons. The van der Waals surface area contributed by atoms with Crippen molar-refractivity contribution in [2.24, 2.45) is 0 Å². The molecule has 34 heavy (non-hydrogen) atoms. The molecule has 1 unspecified atom stereocenters. The first-order chi connectivity index (χ1) is 16.5. The number of benzene rings is 3. The van der Waals surface area contributed by atoms with E-state index in [0.29, 0.717) is 23.6 Å². The maximum atomic E-state index is 15.0. The predicted molar refractivity (Wildman–Crippen MR) is 124 cm³/mol. The van der Waals surface area contributed by atoms with E-state index in [2.05, 4.69) is 0 Å². The number of hydrogen-bond acceptors (Lipinski definition) is 5. The lowest BCUT2D eigenvalue weighted by Gasteiger charge is -2.26. The van der Waals surface area contributed by atoms with E-state index in [1.165, 1.54) is 30.2 Å². The molecule has 0 saturated carbocycles. The Morgan fingerprint density at radius 2 is 1.91 bits per heavy atom. The van der Waals surface area contributed by atoms with E-state index in [1.807, 2.05) is 0 Å². The summed E-state index contributed by atoms with van der Waals surface area (Å²) in [5.41, 5.74) is 1.56. The number of carbonyl (C=O) groups excluding carboxylic acids is 2. The monoisotopic (exact) mass is 459 g/mol. The zero-order valence-electron chi connectivity index (χ0n) is 18.5. The number of hydrogen-bond donors (Lipinski definition) is 1. The summed E-state index contributed by atoms with van der Waals surface area (Å²) in [6.07, 6.45) is 1.61. The van der Waals surface area contributed by atoms with Gasteiger partial charge in [0.25, 0.3) is 11.7 Å². The number of Topliss-reactive ketones (excluding diaryl/α,β-unsaturated/α-hetero) is 1. The van der Waals surface area contributed by atoms with Crippen molar-refractivity contribution < 1.29 is 28.6 Å². The minimum Gasteiger partial charge on any atom is -0.507 e. The van der Waals surface area contributed by atoms with Crippen molar-refractivity contribution in [2.45, 2.75) is 18.9 Å². The Bertz CT molecular complexity index is 1330. The molecule has 172 valence electrons. The van der Waals surface area contributed by atoms with Crippen LogP contribution in [-0.2, 0) is 16.0 Å². The number of aryl methyl sites for hydroxylation is 1. The fraction of sp³-hybridized carbons (Fsp3) is 0.185. The predicted octanol–water partition coefficient (Wildman–Crippen LogP) is 4.79. The Balaban J connectivity index is 1.71. The number of aliphatic hydroxyl groups is 1. The number of fused-ring (bicyclic) bond motifs is 1. The SMILES string of the molecule is COc1cccc(N2C(=O)C(=O)/C(=C(/O)c3ccc4c(c3)CCCO4)C2c2ccccc2F)c1. The Hall–Kier alpha value is -4.13. The molecule has 5 rings (SSSR count). The smallest absolute Gasteiger partial charge is 0.300 e. The summed E-state index contributed by atoms with van der Waals surface area (Å²) in [5, 5.41) is 11.3. The fourth-order valence-electron chi connectivity index (χ4n) is 4.51. The molecule has 3 aromatic rings. The van der Waals surface area contributed by atoms with Crippen molar-refractivity contribution in [1.29, 1.82) is 0 Å². The van der Waals surface area contributed by atoms with Crippen molar-refractivity contribution in [1.82, 2.24) is 0 Å². The van der Waals surface area contributed by atoms with E-state index in [4.69, 9.17) is 9.47 Å². The van der Waals surface area contributed by atoms with Crippen molar-refractivity contribution in [2.75, 3.05) is 18.6 Å². The van der Waals surface area contributed by atoms with Gasteiger partial charge in [-0.3, -0.25) is 14.5 Å². The molecule has 1 saturated heterocycles. The van der Waals surface area contributed by atoms with Crippen LogP contribution in [0.3, 0.4) is 0 Å². The number of anilines is 1. The molecule has 0 aliphatic carbocycles. The largest absolute Gasteiger partial charge is 0.507 e.